The lowest BCUT2D eigenvalue weighted by Gasteiger charge is -2.22. The molecule has 1 fully saturated rings. The van der Waals surface area contributed by atoms with Crippen molar-refractivity contribution in [1.29, 1.82) is 5.26 Å². The van der Waals surface area contributed by atoms with Crippen LogP contribution in [0.4, 0.5) is 0 Å². The maximum Gasteiger partial charge on any atom is 0.243 e. The van der Waals surface area contributed by atoms with Gasteiger partial charge < -0.3 is 10.6 Å². The minimum absolute atomic E-state index is 0.0800. The van der Waals surface area contributed by atoms with Crippen LogP contribution in [0, 0.1) is 17.2 Å². The number of rotatable bonds is 6. The second-order valence-electron chi connectivity index (χ2n) is 6.12. The maximum absolute atomic E-state index is 12.2. The fourth-order valence-electron chi connectivity index (χ4n) is 2.92. The van der Waals surface area contributed by atoms with Gasteiger partial charge in [-0.05, 0) is 48.1 Å². The molecule has 1 aliphatic carbocycles. The van der Waals surface area contributed by atoms with E-state index in [1.807, 2.05) is 16.8 Å². The number of carbonyl (C=O) groups is 2. The van der Waals surface area contributed by atoms with E-state index in [1.54, 1.807) is 6.92 Å². The van der Waals surface area contributed by atoms with Crippen molar-refractivity contribution < 1.29 is 9.59 Å². The van der Waals surface area contributed by atoms with Gasteiger partial charge >= 0.3 is 0 Å². The quantitative estimate of drug-likeness (QED) is 0.840. The molecule has 0 bridgehead atoms. The Hall–Kier alpha value is -1.87. The first-order valence-electron chi connectivity index (χ1n) is 8.11. The summed E-state index contributed by atoms with van der Waals surface area (Å²) in [5, 5.41) is 18.3. The summed E-state index contributed by atoms with van der Waals surface area (Å²) in [5.74, 6) is 0.0278. The van der Waals surface area contributed by atoms with Gasteiger partial charge in [-0.15, -0.1) is 0 Å². The van der Waals surface area contributed by atoms with Crippen LogP contribution in [0.5, 0.6) is 0 Å². The van der Waals surface area contributed by atoms with Crippen LogP contribution < -0.4 is 10.6 Å². The van der Waals surface area contributed by atoms with Crippen LogP contribution >= 0.6 is 11.3 Å². The number of thiophene rings is 1. The fraction of sp³-hybridized carbons (Fsp3) is 0.588. The highest BCUT2D eigenvalue weighted by Crippen LogP contribution is 2.26. The molecular formula is C17H23N3O2S. The minimum atomic E-state index is -0.675. The van der Waals surface area contributed by atoms with Crippen molar-refractivity contribution in [3.05, 3.63) is 22.4 Å². The Labute approximate surface area is 141 Å². The number of nitrogens with one attached hydrogen (secondary N) is 2. The number of nitrogens with zero attached hydrogens (tertiary/aromatic N) is 1. The third-order valence-corrected chi connectivity index (χ3v) is 4.96. The number of hydrogen-bond donors (Lipinski definition) is 2. The Kier molecular flexibility index (Phi) is 6.60. The minimum Gasteiger partial charge on any atom is -0.345 e. The molecule has 0 unspecified atom stereocenters. The highest BCUT2D eigenvalue weighted by atomic mass is 32.1. The predicted octanol–water partition coefficient (Wildman–Crippen LogP) is 2.90. The largest absolute Gasteiger partial charge is 0.345 e. The predicted molar refractivity (Wildman–Crippen MR) is 89.6 cm³/mol. The second kappa shape index (κ2) is 8.68. The van der Waals surface area contributed by atoms with Crippen molar-refractivity contribution in [3.8, 4) is 6.07 Å². The van der Waals surface area contributed by atoms with Crippen molar-refractivity contribution in [2.45, 2.75) is 57.5 Å². The smallest absolute Gasteiger partial charge is 0.243 e. The molecule has 0 saturated heterocycles. The molecule has 2 amide bonds. The van der Waals surface area contributed by atoms with E-state index in [0.717, 1.165) is 18.4 Å². The first-order valence-corrected chi connectivity index (χ1v) is 9.06. The SMILES string of the molecule is C[C@H](NC(=O)CC1CCCCC1)C(=O)N[C@@H](C#N)c1ccsc1. The summed E-state index contributed by atoms with van der Waals surface area (Å²) in [4.78, 5) is 24.2. The van der Waals surface area contributed by atoms with Crippen molar-refractivity contribution in [2.75, 3.05) is 0 Å². The Bertz CT molecular complexity index is 559. The maximum atomic E-state index is 12.2. The fourth-order valence-corrected chi connectivity index (χ4v) is 3.60. The van der Waals surface area contributed by atoms with Gasteiger partial charge in [-0.3, -0.25) is 9.59 Å². The van der Waals surface area contributed by atoms with Gasteiger partial charge in [-0.1, -0.05) is 19.3 Å². The van der Waals surface area contributed by atoms with E-state index in [1.165, 1.54) is 30.6 Å². The van der Waals surface area contributed by atoms with Gasteiger partial charge in [0.15, 0.2) is 0 Å². The third-order valence-electron chi connectivity index (χ3n) is 4.26. The van der Waals surface area contributed by atoms with Crippen LogP contribution in [0.2, 0.25) is 0 Å². The average Bonchev–Trinajstić information content (AvgIpc) is 3.07. The molecule has 1 heterocycles. The van der Waals surface area contributed by atoms with Crippen molar-refractivity contribution in [1.82, 2.24) is 10.6 Å². The molecular weight excluding hydrogens is 310 g/mol. The first-order chi connectivity index (χ1) is 11.1. The zero-order chi connectivity index (χ0) is 16.7. The standard InChI is InChI=1S/C17H23N3O2S/c1-12(19-16(21)9-13-5-3-2-4-6-13)17(22)20-15(10-18)14-7-8-23-11-14/h7-8,11-13,15H,2-6,9H2,1H3,(H,19,21)(H,20,22)/t12-,15-/m0/s1. The lowest BCUT2D eigenvalue weighted by Crippen LogP contribution is -2.46. The summed E-state index contributed by atoms with van der Waals surface area (Å²) >= 11 is 1.48. The Morgan fingerprint density at radius 1 is 1.35 bits per heavy atom. The highest BCUT2D eigenvalue weighted by molar-refractivity contribution is 7.08. The summed E-state index contributed by atoms with van der Waals surface area (Å²) in [5.41, 5.74) is 0.770. The molecule has 5 nitrogen and oxygen atoms in total. The van der Waals surface area contributed by atoms with Gasteiger partial charge in [0.1, 0.15) is 12.1 Å². The van der Waals surface area contributed by atoms with Gasteiger partial charge in [0.25, 0.3) is 0 Å². The third kappa shape index (κ3) is 5.36. The van der Waals surface area contributed by atoms with E-state index in [9.17, 15) is 14.9 Å². The van der Waals surface area contributed by atoms with Crippen LogP contribution in [0.3, 0.4) is 0 Å². The van der Waals surface area contributed by atoms with E-state index < -0.39 is 12.1 Å². The molecule has 0 aromatic carbocycles. The normalized spacial score (nSPS) is 17.7. The zero-order valence-electron chi connectivity index (χ0n) is 13.4. The van der Waals surface area contributed by atoms with Crippen molar-refractivity contribution in [3.63, 3.8) is 0 Å². The zero-order valence-corrected chi connectivity index (χ0v) is 14.2. The van der Waals surface area contributed by atoms with Gasteiger partial charge in [0, 0.05) is 6.42 Å². The molecule has 1 aliphatic rings. The van der Waals surface area contributed by atoms with Gasteiger partial charge in [-0.2, -0.15) is 16.6 Å². The van der Waals surface area contributed by atoms with Crippen molar-refractivity contribution >= 4 is 23.2 Å². The molecule has 6 heteroatoms. The van der Waals surface area contributed by atoms with Crippen molar-refractivity contribution in [2.24, 2.45) is 5.92 Å². The summed E-state index contributed by atoms with van der Waals surface area (Å²) < 4.78 is 0. The van der Waals surface area contributed by atoms with Crippen LogP contribution in [0.1, 0.15) is 57.1 Å². The number of nitriles is 1. The topological polar surface area (TPSA) is 82.0 Å². The number of amides is 2. The lowest BCUT2D eigenvalue weighted by atomic mass is 9.87. The van der Waals surface area contributed by atoms with Gasteiger partial charge in [-0.25, -0.2) is 0 Å². The molecule has 0 aliphatic heterocycles. The lowest BCUT2D eigenvalue weighted by molar-refractivity contribution is -0.129. The van der Waals surface area contributed by atoms with E-state index in [4.69, 9.17) is 0 Å². The number of hydrogen-bond acceptors (Lipinski definition) is 4. The van der Waals surface area contributed by atoms with Crippen LogP contribution in [-0.4, -0.2) is 17.9 Å². The van der Waals surface area contributed by atoms with Crippen LogP contribution in [-0.2, 0) is 9.59 Å². The van der Waals surface area contributed by atoms with Gasteiger partial charge in [0.05, 0.1) is 6.07 Å². The van der Waals surface area contributed by atoms with Gasteiger partial charge in [0.2, 0.25) is 11.8 Å². The Balaban J connectivity index is 1.79. The molecule has 1 aromatic heterocycles. The van der Waals surface area contributed by atoms with E-state index >= 15 is 0 Å². The highest BCUT2D eigenvalue weighted by Gasteiger charge is 2.22. The summed E-state index contributed by atoms with van der Waals surface area (Å²) in [6.07, 6.45) is 6.33. The molecule has 2 rings (SSSR count). The molecule has 23 heavy (non-hydrogen) atoms. The first kappa shape index (κ1) is 17.5. The Morgan fingerprint density at radius 3 is 2.70 bits per heavy atom. The molecule has 2 atom stereocenters. The van der Waals surface area contributed by atoms with Crippen LogP contribution in [0.25, 0.3) is 0 Å². The van der Waals surface area contributed by atoms with E-state index in [2.05, 4.69) is 16.7 Å². The molecule has 2 N–H and O–H groups in total. The average molecular weight is 333 g/mol. The second-order valence-corrected chi connectivity index (χ2v) is 6.90. The summed E-state index contributed by atoms with van der Waals surface area (Å²) in [6.45, 7) is 1.65. The van der Waals surface area contributed by atoms with E-state index in [-0.39, 0.29) is 11.8 Å². The monoisotopic (exact) mass is 333 g/mol. The molecule has 1 saturated carbocycles. The Morgan fingerprint density at radius 2 is 2.09 bits per heavy atom. The molecule has 124 valence electrons. The number of carbonyl (C=O) groups excluding carboxylic acids is 2. The molecule has 0 radical (unpaired) electrons. The summed E-state index contributed by atoms with van der Waals surface area (Å²) in [6, 6.07) is 2.57. The summed E-state index contributed by atoms with van der Waals surface area (Å²) in [7, 11) is 0. The van der Waals surface area contributed by atoms with Crippen LogP contribution in [0.15, 0.2) is 16.8 Å². The molecule has 1 aromatic rings. The molecule has 0 spiro atoms. The van der Waals surface area contributed by atoms with E-state index in [0.29, 0.717) is 12.3 Å².